The maximum Gasteiger partial charge on any atom is 0.339 e. The molecule has 0 saturated carbocycles. The maximum atomic E-state index is 12.0. The highest BCUT2D eigenvalue weighted by molar-refractivity contribution is 7.99. The van der Waals surface area contributed by atoms with Gasteiger partial charge in [0.15, 0.2) is 0 Å². The first kappa shape index (κ1) is 18.4. The molecule has 0 aliphatic rings. The van der Waals surface area contributed by atoms with E-state index in [2.05, 4.69) is 5.32 Å². The van der Waals surface area contributed by atoms with Crippen molar-refractivity contribution in [1.29, 1.82) is 0 Å². The number of benzene rings is 2. The van der Waals surface area contributed by atoms with E-state index in [9.17, 15) is 9.59 Å². The van der Waals surface area contributed by atoms with Gasteiger partial charge in [-0.1, -0.05) is 23.7 Å². The molecule has 0 atom stereocenters. The first-order valence-electron chi connectivity index (χ1n) is 7.45. The Balaban J connectivity index is 1.79. The highest BCUT2D eigenvalue weighted by atomic mass is 35.5. The molecule has 24 heavy (non-hydrogen) atoms. The Hall–Kier alpha value is -1.98. The predicted molar refractivity (Wildman–Crippen MR) is 97.8 cm³/mol. The summed E-state index contributed by atoms with van der Waals surface area (Å²) in [5, 5.41) is 3.48. The smallest absolute Gasteiger partial charge is 0.339 e. The average molecular weight is 364 g/mol. The van der Waals surface area contributed by atoms with E-state index in [1.165, 1.54) is 7.11 Å². The van der Waals surface area contributed by atoms with E-state index >= 15 is 0 Å². The molecule has 126 valence electrons. The zero-order chi connectivity index (χ0) is 17.4. The molecule has 2 aromatic carbocycles. The molecule has 0 aromatic heterocycles. The Bertz CT molecular complexity index is 704. The van der Waals surface area contributed by atoms with Crippen molar-refractivity contribution in [2.24, 2.45) is 0 Å². The van der Waals surface area contributed by atoms with Crippen LogP contribution in [0.25, 0.3) is 0 Å². The standard InChI is InChI=1S/C18H18ClNO3S/c1-23-18(22)15-5-2-3-6-16(15)20-17(21)7-4-12-24-14-10-8-13(19)9-11-14/h2-3,5-6,8-11H,4,7,12H2,1H3,(H,20,21). The number of hydrogen-bond donors (Lipinski definition) is 1. The third kappa shape index (κ3) is 5.58. The lowest BCUT2D eigenvalue weighted by Gasteiger charge is -2.09. The summed E-state index contributed by atoms with van der Waals surface area (Å²) >= 11 is 7.52. The lowest BCUT2D eigenvalue weighted by Crippen LogP contribution is -2.15. The van der Waals surface area contributed by atoms with E-state index in [-0.39, 0.29) is 5.91 Å². The Morgan fingerprint density at radius 3 is 2.54 bits per heavy atom. The average Bonchev–Trinajstić information content (AvgIpc) is 2.60. The lowest BCUT2D eigenvalue weighted by atomic mass is 10.1. The SMILES string of the molecule is COC(=O)c1ccccc1NC(=O)CCCSc1ccc(Cl)cc1. The van der Waals surface area contributed by atoms with Crippen molar-refractivity contribution in [2.45, 2.75) is 17.7 Å². The number of methoxy groups -OCH3 is 1. The molecule has 0 fully saturated rings. The van der Waals surface area contributed by atoms with Crippen LogP contribution in [0.2, 0.25) is 5.02 Å². The molecule has 1 N–H and O–H groups in total. The number of carbonyl (C=O) groups excluding carboxylic acids is 2. The summed E-state index contributed by atoms with van der Waals surface area (Å²) in [6.45, 7) is 0. The topological polar surface area (TPSA) is 55.4 Å². The van der Waals surface area contributed by atoms with Crippen LogP contribution in [0.15, 0.2) is 53.4 Å². The van der Waals surface area contributed by atoms with Gasteiger partial charge in [-0.3, -0.25) is 4.79 Å². The molecule has 0 aliphatic carbocycles. The fraction of sp³-hybridized carbons (Fsp3) is 0.222. The van der Waals surface area contributed by atoms with E-state index in [1.54, 1.807) is 36.0 Å². The summed E-state index contributed by atoms with van der Waals surface area (Å²) in [6, 6.07) is 14.4. The molecule has 0 heterocycles. The summed E-state index contributed by atoms with van der Waals surface area (Å²) in [5.74, 6) is 0.237. The normalized spacial score (nSPS) is 10.2. The van der Waals surface area contributed by atoms with Gasteiger partial charge in [0.2, 0.25) is 5.91 Å². The van der Waals surface area contributed by atoms with Crippen molar-refractivity contribution >= 4 is 40.9 Å². The molecule has 6 heteroatoms. The van der Waals surface area contributed by atoms with E-state index in [0.29, 0.717) is 22.7 Å². The Morgan fingerprint density at radius 1 is 1.12 bits per heavy atom. The van der Waals surface area contributed by atoms with Gasteiger partial charge in [-0.25, -0.2) is 4.79 Å². The zero-order valence-electron chi connectivity index (χ0n) is 13.3. The molecule has 1 amide bonds. The van der Waals surface area contributed by atoms with Gasteiger partial charge in [0.05, 0.1) is 18.4 Å². The fourth-order valence-corrected chi connectivity index (χ4v) is 3.03. The van der Waals surface area contributed by atoms with E-state index in [4.69, 9.17) is 16.3 Å². The van der Waals surface area contributed by atoms with Crippen molar-refractivity contribution in [3.63, 3.8) is 0 Å². The lowest BCUT2D eigenvalue weighted by molar-refractivity contribution is -0.116. The van der Waals surface area contributed by atoms with Crippen LogP contribution in [0.3, 0.4) is 0 Å². The minimum absolute atomic E-state index is 0.122. The van der Waals surface area contributed by atoms with Crippen LogP contribution in [-0.4, -0.2) is 24.7 Å². The van der Waals surface area contributed by atoms with Gasteiger partial charge < -0.3 is 10.1 Å². The summed E-state index contributed by atoms with van der Waals surface area (Å²) in [5.41, 5.74) is 0.823. The third-order valence-corrected chi connectivity index (χ3v) is 4.59. The summed E-state index contributed by atoms with van der Waals surface area (Å²) in [6.07, 6.45) is 1.12. The van der Waals surface area contributed by atoms with Gasteiger partial charge in [-0.2, -0.15) is 0 Å². The highest BCUT2D eigenvalue weighted by Gasteiger charge is 2.12. The second-order valence-corrected chi connectivity index (χ2v) is 6.60. The Morgan fingerprint density at radius 2 is 1.83 bits per heavy atom. The number of hydrogen-bond acceptors (Lipinski definition) is 4. The minimum atomic E-state index is -0.468. The van der Waals surface area contributed by atoms with Crippen LogP contribution in [-0.2, 0) is 9.53 Å². The number of rotatable bonds is 7. The molecule has 2 rings (SSSR count). The Kier molecular flexibility index (Phi) is 7.15. The van der Waals surface area contributed by atoms with Crippen molar-refractivity contribution in [1.82, 2.24) is 0 Å². The largest absolute Gasteiger partial charge is 0.465 e. The quantitative estimate of drug-likeness (QED) is 0.442. The zero-order valence-corrected chi connectivity index (χ0v) is 14.8. The molecule has 0 saturated heterocycles. The fourth-order valence-electron chi connectivity index (χ4n) is 2.05. The van der Waals surface area contributed by atoms with E-state index < -0.39 is 5.97 Å². The van der Waals surface area contributed by atoms with Crippen molar-refractivity contribution < 1.29 is 14.3 Å². The van der Waals surface area contributed by atoms with Crippen LogP contribution >= 0.6 is 23.4 Å². The molecule has 0 spiro atoms. The molecule has 0 unspecified atom stereocenters. The van der Waals surface area contributed by atoms with Gasteiger partial charge in [0.25, 0.3) is 0 Å². The first-order valence-corrected chi connectivity index (χ1v) is 8.82. The molecule has 2 aromatic rings. The molecule has 0 aliphatic heterocycles. The minimum Gasteiger partial charge on any atom is -0.465 e. The van der Waals surface area contributed by atoms with Crippen molar-refractivity contribution in [3.8, 4) is 0 Å². The van der Waals surface area contributed by atoms with Gasteiger partial charge in [0.1, 0.15) is 0 Å². The molecular weight excluding hydrogens is 346 g/mol. The van der Waals surface area contributed by atoms with Crippen LogP contribution in [0.1, 0.15) is 23.2 Å². The summed E-state index contributed by atoms with van der Waals surface area (Å²) in [7, 11) is 1.31. The molecule has 0 bridgehead atoms. The maximum absolute atomic E-state index is 12.0. The van der Waals surface area contributed by atoms with E-state index in [0.717, 1.165) is 17.1 Å². The van der Waals surface area contributed by atoms with Gasteiger partial charge in [-0.05, 0) is 48.6 Å². The van der Waals surface area contributed by atoms with Crippen LogP contribution in [0.5, 0.6) is 0 Å². The summed E-state index contributed by atoms with van der Waals surface area (Å²) in [4.78, 5) is 24.8. The van der Waals surface area contributed by atoms with Crippen LogP contribution in [0.4, 0.5) is 5.69 Å². The number of nitrogens with one attached hydrogen (secondary N) is 1. The predicted octanol–water partition coefficient (Wildman–Crippen LogP) is 4.64. The second-order valence-electron chi connectivity index (χ2n) is 4.99. The van der Waals surface area contributed by atoms with Gasteiger partial charge in [-0.15, -0.1) is 11.8 Å². The van der Waals surface area contributed by atoms with Gasteiger partial charge >= 0.3 is 5.97 Å². The number of carbonyl (C=O) groups is 2. The van der Waals surface area contributed by atoms with Crippen LogP contribution in [0, 0.1) is 0 Å². The van der Waals surface area contributed by atoms with Crippen molar-refractivity contribution in [3.05, 3.63) is 59.1 Å². The third-order valence-electron chi connectivity index (χ3n) is 3.24. The number of ether oxygens (including phenoxy) is 1. The number of thioether (sulfide) groups is 1. The van der Waals surface area contributed by atoms with Crippen molar-refractivity contribution in [2.75, 3.05) is 18.2 Å². The number of amides is 1. The van der Waals surface area contributed by atoms with E-state index in [1.807, 2.05) is 24.3 Å². The van der Waals surface area contributed by atoms with Gasteiger partial charge in [0, 0.05) is 16.3 Å². The van der Waals surface area contributed by atoms with Crippen LogP contribution < -0.4 is 5.32 Å². The first-order chi connectivity index (χ1) is 11.6. The number of para-hydroxylation sites is 1. The summed E-state index contributed by atoms with van der Waals surface area (Å²) < 4.78 is 4.71. The Labute approximate surface area is 150 Å². The number of anilines is 1. The monoisotopic (exact) mass is 363 g/mol. The highest BCUT2D eigenvalue weighted by Crippen LogP contribution is 2.22. The second kappa shape index (κ2) is 9.35. The molecule has 4 nitrogen and oxygen atoms in total. The molecular formula is C18H18ClNO3S. The molecule has 0 radical (unpaired) electrons. The number of esters is 1. The number of halogens is 1.